The van der Waals surface area contributed by atoms with Crippen molar-refractivity contribution in [1.82, 2.24) is 10.6 Å². The molecule has 0 aliphatic heterocycles. The van der Waals surface area contributed by atoms with Crippen molar-refractivity contribution in [2.75, 3.05) is 0 Å². The standard InChI is InChI=1S/C26H29FN2O2/c27-22-8-6-21(7-9-22)24(30)29-23(25(31)28-16-17-4-2-1-3-5-17)26-13-18-10-19(14-26)12-20(11-18)15-26/h1-9,18-20,23H,10-16H2,(H,28,31)(H,29,30)/t18?,19?,20?,23-,26?/m1/s1. The number of halogens is 1. The predicted molar refractivity (Wildman–Crippen MR) is 117 cm³/mol. The van der Waals surface area contributed by atoms with Crippen LogP contribution < -0.4 is 10.6 Å². The number of nitrogens with one attached hydrogen (secondary N) is 2. The van der Waals surface area contributed by atoms with Gasteiger partial charge in [0.15, 0.2) is 0 Å². The van der Waals surface area contributed by atoms with Crippen molar-refractivity contribution in [3.63, 3.8) is 0 Å². The number of carbonyl (C=O) groups is 2. The van der Waals surface area contributed by atoms with Gasteiger partial charge in [-0.15, -0.1) is 0 Å². The number of rotatable bonds is 6. The van der Waals surface area contributed by atoms with E-state index in [2.05, 4.69) is 10.6 Å². The summed E-state index contributed by atoms with van der Waals surface area (Å²) in [5, 5.41) is 6.15. The molecule has 2 N–H and O–H groups in total. The highest BCUT2D eigenvalue weighted by Gasteiger charge is 2.56. The lowest BCUT2D eigenvalue weighted by Crippen LogP contribution is -2.62. The van der Waals surface area contributed by atoms with Crippen LogP contribution in [0.25, 0.3) is 0 Å². The molecule has 4 aliphatic rings. The largest absolute Gasteiger partial charge is 0.350 e. The minimum absolute atomic E-state index is 0.110. The fourth-order valence-corrected chi connectivity index (χ4v) is 6.73. The quantitative estimate of drug-likeness (QED) is 0.725. The summed E-state index contributed by atoms with van der Waals surface area (Å²) < 4.78 is 13.3. The summed E-state index contributed by atoms with van der Waals surface area (Å²) in [5.41, 5.74) is 1.24. The van der Waals surface area contributed by atoms with E-state index >= 15 is 0 Å². The molecule has 1 atom stereocenters. The lowest BCUT2D eigenvalue weighted by Gasteiger charge is -2.58. The number of carbonyl (C=O) groups excluding carboxylic acids is 2. The van der Waals surface area contributed by atoms with Crippen LogP contribution in [0.4, 0.5) is 4.39 Å². The van der Waals surface area contributed by atoms with Gasteiger partial charge in [-0.2, -0.15) is 0 Å². The van der Waals surface area contributed by atoms with Gasteiger partial charge < -0.3 is 10.6 Å². The topological polar surface area (TPSA) is 58.2 Å². The maximum absolute atomic E-state index is 13.5. The average Bonchev–Trinajstić information content (AvgIpc) is 2.76. The van der Waals surface area contributed by atoms with Crippen molar-refractivity contribution in [3.8, 4) is 0 Å². The molecule has 2 aromatic rings. The van der Waals surface area contributed by atoms with Gasteiger partial charge in [0.2, 0.25) is 5.91 Å². The first-order chi connectivity index (χ1) is 15.0. The molecule has 4 nitrogen and oxygen atoms in total. The van der Waals surface area contributed by atoms with Crippen LogP contribution in [0.2, 0.25) is 0 Å². The molecule has 5 heteroatoms. The summed E-state index contributed by atoms with van der Waals surface area (Å²) >= 11 is 0. The highest BCUT2D eigenvalue weighted by atomic mass is 19.1. The first-order valence-electron chi connectivity index (χ1n) is 11.4. The van der Waals surface area contributed by atoms with Crippen LogP contribution in [0.3, 0.4) is 0 Å². The van der Waals surface area contributed by atoms with Crippen molar-refractivity contribution in [2.45, 2.75) is 51.1 Å². The molecule has 4 saturated carbocycles. The molecule has 31 heavy (non-hydrogen) atoms. The molecule has 0 radical (unpaired) electrons. The Kier molecular flexibility index (Phi) is 5.28. The van der Waals surface area contributed by atoms with E-state index < -0.39 is 6.04 Å². The second-order valence-corrected chi connectivity index (χ2v) is 9.90. The third-order valence-electron chi connectivity index (χ3n) is 7.65. The molecule has 162 valence electrons. The molecular weight excluding hydrogens is 391 g/mol. The Balaban J connectivity index is 1.39. The van der Waals surface area contributed by atoms with Crippen LogP contribution in [0.1, 0.15) is 54.4 Å². The van der Waals surface area contributed by atoms with Crippen LogP contribution >= 0.6 is 0 Å². The maximum Gasteiger partial charge on any atom is 0.251 e. The van der Waals surface area contributed by atoms with Gasteiger partial charge in [0.05, 0.1) is 0 Å². The van der Waals surface area contributed by atoms with Gasteiger partial charge in [0, 0.05) is 17.5 Å². The SMILES string of the molecule is O=C(N[C@H](C(=O)NCc1ccccc1)C12CC3CC(CC(C3)C1)C2)c1ccc(F)cc1. The van der Waals surface area contributed by atoms with Crippen molar-refractivity contribution >= 4 is 11.8 Å². The molecule has 4 aliphatic carbocycles. The zero-order chi connectivity index (χ0) is 21.4. The molecule has 0 heterocycles. The van der Waals surface area contributed by atoms with Gasteiger partial charge in [-0.05, 0) is 86.1 Å². The molecule has 0 spiro atoms. The first kappa shape index (κ1) is 20.2. The third-order valence-corrected chi connectivity index (χ3v) is 7.65. The van der Waals surface area contributed by atoms with E-state index in [0.29, 0.717) is 29.9 Å². The molecule has 4 fully saturated rings. The first-order valence-corrected chi connectivity index (χ1v) is 11.4. The molecule has 4 bridgehead atoms. The Morgan fingerprint density at radius 3 is 2.06 bits per heavy atom. The Hall–Kier alpha value is -2.69. The van der Waals surface area contributed by atoms with E-state index in [4.69, 9.17) is 0 Å². The van der Waals surface area contributed by atoms with Crippen LogP contribution in [0.5, 0.6) is 0 Å². The van der Waals surface area contributed by atoms with E-state index in [-0.39, 0.29) is 23.0 Å². The number of hydrogen-bond acceptors (Lipinski definition) is 2. The highest BCUT2D eigenvalue weighted by Crippen LogP contribution is 2.61. The van der Waals surface area contributed by atoms with Crippen LogP contribution in [0.15, 0.2) is 54.6 Å². The van der Waals surface area contributed by atoms with E-state index in [1.54, 1.807) is 0 Å². The number of amides is 2. The summed E-state index contributed by atoms with van der Waals surface area (Å²) in [4.78, 5) is 26.5. The molecule has 0 saturated heterocycles. The minimum Gasteiger partial charge on any atom is -0.350 e. The summed E-state index contributed by atoms with van der Waals surface area (Å²) in [6.07, 6.45) is 6.82. The minimum atomic E-state index is -0.567. The number of hydrogen-bond donors (Lipinski definition) is 2. The molecule has 0 aromatic heterocycles. The smallest absolute Gasteiger partial charge is 0.251 e. The number of benzene rings is 2. The monoisotopic (exact) mass is 420 g/mol. The van der Waals surface area contributed by atoms with Crippen molar-refractivity contribution in [1.29, 1.82) is 0 Å². The average molecular weight is 421 g/mol. The van der Waals surface area contributed by atoms with Crippen molar-refractivity contribution in [2.24, 2.45) is 23.2 Å². The molecule has 2 aromatic carbocycles. The predicted octanol–water partition coefficient (Wildman–Crippen LogP) is 4.46. The molecule has 2 amide bonds. The Morgan fingerprint density at radius 1 is 0.903 bits per heavy atom. The van der Waals surface area contributed by atoms with Crippen molar-refractivity contribution < 1.29 is 14.0 Å². The Bertz CT molecular complexity index is 922. The van der Waals surface area contributed by atoms with Gasteiger partial charge >= 0.3 is 0 Å². The molecule has 0 unspecified atom stereocenters. The normalized spacial score (nSPS) is 29.4. The van der Waals surface area contributed by atoms with Gasteiger partial charge in [-0.3, -0.25) is 9.59 Å². The Morgan fingerprint density at radius 2 is 1.48 bits per heavy atom. The van der Waals surface area contributed by atoms with Crippen LogP contribution in [-0.4, -0.2) is 17.9 Å². The third kappa shape index (κ3) is 4.10. The van der Waals surface area contributed by atoms with E-state index in [0.717, 1.165) is 24.8 Å². The summed E-state index contributed by atoms with van der Waals surface area (Å²) in [7, 11) is 0. The zero-order valence-corrected chi connectivity index (χ0v) is 17.6. The van der Waals surface area contributed by atoms with Gasteiger partial charge in [-0.1, -0.05) is 30.3 Å². The summed E-state index contributed by atoms with van der Waals surface area (Å²) in [6.45, 7) is 0.439. The highest BCUT2D eigenvalue weighted by molar-refractivity contribution is 5.97. The molecular formula is C26H29FN2O2. The summed E-state index contributed by atoms with van der Waals surface area (Å²) in [5.74, 6) is 1.20. The van der Waals surface area contributed by atoms with Crippen LogP contribution in [0, 0.1) is 29.0 Å². The van der Waals surface area contributed by atoms with Gasteiger partial charge in [-0.25, -0.2) is 4.39 Å². The van der Waals surface area contributed by atoms with E-state index in [1.165, 1.54) is 43.5 Å². The van der Waals surface area contributed by atoms with E-state index in [1.807, 2.05) is 30.3 Å². The summed E-state index contributed by atoms with van der Waals surface area (Å²) in [6, 6.07) is 14.8. The Labute approximate surface area is 182 Å². The van der Waals surface area contributed by atoms with Gasteiger partial charge in [0.25, 0.3) is 5.91 Å². The van der Waals surface area contributed by atoms with Crippen molar-refractivity contribution in [3.05, 3.63) is 71.5 Å². The lowest BCUT2D eigenvalue weighted by molar-refractivity contribution is -0.134. The van der Waals surface area contributed by atoms with Gasteiger partial charge in [0.1, 0.15) is 11.9 Å². The second kappa shape index (κ2) is 8.10. The fraction of sp³-hybridized carbons (Fsp3) is 0.462. The lowest BCUT2D eigenvalue weighted by atomic mass is 9.47. The second-order valence-electron chi connectivity index (χ2n) is 9.90. The molecule has 6 rings (SSSR count). The fourth-order valence-electron chi connectivity index (χ4n) is 6.73. The zero-order valence-electron chi connectivity index (χ0n) is 17.6. The van der Waals surface area contributed by atoms with E-state index in [9.17, 15) is 14.0 Å². The maximum atomic E-state index is 13.5. The van der Waals surface area contributed by atoms with Crippen LogP contribution in [-0.2, 0) is 11.3 Å².